The van der Waals surface area contributed by atoms with E-state index in [2.05, 4.69) is 48.5 Å². The molecule has 3 rings (SSSR count). The molecule has 0 aromatic heterocycles. The largest absolute Gasteiger partial charge is 0.496 e. The molecule has 0 amide bonds. The van der Waals surface area contributed by atoms with Crippen LogP contribution >= 0.6 is 11.8 Å². The molecule has 2 heteroatoms. The fraction of sp³-hybridized carbons (Fsp3) is 0.0588. The second-order valence-corrected chi connectivity index (χ2v) is 5.38. The first kappa shape index (κ1) is 12.1. The standard InChI is InChI=1S/C17H14OS/c1-18-16-8-4-5-9-17(16)19-15-11-10-13-6-2-3-7-14(13)12-15/h2-12H,1H3. The topological polar surface area (TPSA) is 9.23 Å². The zero-order valence-electron chi connectivity index (χ0n) is 10.7. The Morgan fingerprint density at radius 1 is 0.789 bits per heavy atom. The number of hydrogen-bond donors (Lipinski definition) is 0. The minimum atomic E-state index is 0.917. The van der Waals surface area contributed by atoms with Crippen LogP contribution in [0.3, 0.4) is 0 Å². The van der Waals surface area contributed by atoms with Gasteiger partial charge in [-0.2, -0.15) is 0 Å². The lowest BCUT2D eigenvalue weighted by Crippen LogP contribution is -1.85. The zero-order chi connectivity index (χ0) is 13.1. The Morgan fingerprint density at radius 3 is 2.37 bits per heavy atom. The minimum Gasteiger partial charge on any atom is -0.496 e. The molecule has 0 fully saturated rings. The summed E-state index contributed by atoms with van der Waals surface area (Å²) in [5.41, 5.74) is 0. The second-order valence-electron chi connectivity index (χ2n) is 4.26. The van der Waals surface area contributed by atoms with E-state index in [1.165, 1.54) is 15.7 Å². The maximum Gasteiger partial charge on any atom is 0.132 e. The molecule has 0 heterocycles. The van der Waals surface area contributed by atoms with E-state index in [1.54, 1.807) is 18.9 Å². The van der Waals surface area contributed by atoms with Gasteiger partial charge in [-0.25, -0.2) is 0 Å². The molecule has 0 unspecified atom stereocenters. The lowest BCUT2D eigenvalue weighted by atomic mass is 10.1. The van der Waals surface area contributed by atoms with Crippen molar-refractivity contribution in [2.75, 3.05) is 7.11 Å². The lowest BCUT2D eigenvalue weighted by Gasteiger charge is -2.08. The molecule has 1 nitrogen and oxygen atoms in total. The molecule has 0 saturated carbocycles. The molecule has 94 valence electrons. The van der Waals surface area contributed by atoms with Gasteiger partial charge in [-0.15, -0.1) is 0 Å². The summed E-state index contributed by atoms with van der Waals surface area (Å²) in [6.45, 7) is 0. The summed E-state index contributed by atoms with van der Waals surface area (Å²) in [4.78, 5) is 2.36. The Bertz CT molecular complexity index is 706. The number of rotatable bonds is 3. The molecule has 0 atom stereocenters. The molecular formula is C17H14OS. The highest BCUT2D eigenvalue weighted by molar-refractivity contribution is 7.99. The van der Waals surface area contributed by atoms with Gasteiger partial charge in [0.1, 0.15) is 5.75 Å². The average molecular weight is 266 g/mol. The van der Waals surface area contributed by atoms with Crippen molar-refractivity contribution < 1.29 is 4.74 Å². The Kier molecular flexibility index (Phi) is 3.43. The van der Waals surface area contributed by atoms with Gasteiger partial charge in [-0.1, -0.05) is 54.2 Å². The quantitative estimate of drug-likeness (QED) is 0.659. The first-order valence-electron chi connectivity index (χ1n) is 6.16. The summed E-state index contributed by atoms with van der Waals surface area (Å²) >= 11 is 1.73. The van der Waals surface area contributed by atoms with Crippen LogP contribution in [0.2, 0.25) is 0 Å². The van der Waals surface area contributed by atoms with Gasteiger partial charge in [0.15, 0.2) is 0 Å². The minimum absolute atomic E-state index is 0.917. The van der Waals surface area contributed by atoms with E-state index in [4.69, 9.17) is 4.74 Å². The Morgan fingerprint density at radius 2 is 1.53 bits per heavy atom. The molecule has 0 saturated heterocycles. The number of fused-ring (bicyclic) bond motifs is 1. The third kappa shape index (κ3) is 2.59. The molecule has 0 aliphatic carbocycles. The Hall–Kier alpha value is -1.93. The van der Waals surface area contributed by atoms with Gasteiger partial charge in [-0.3, -0.25) is 0 Å². The van der Waals surface area contributed by atoms with Crippen molar-refractivity contribution in [2.24, 2.45) is 0 Å². The summed E-state index contributed by atoms with van der Waals surface area (Å²) in [7, 11) is 1.71. The maximum absolute atomic E-state index is 5.38. The predicted octanol–water partition coefficient (Wildman–Crippen LogP) is 5.00. The number of benzene rings is 3. The van der Waals surface area contributed by atoms with Crippen LogP contribution in [0.4, 0.5) is 0 Å². The van der Waals surface area contributed by atoms with Gasteiger partial charge in [0, 0.05) is 4.90 Å². The lowest BCUT2D eigenvalue weighted by molar-refractivity contribution is 0.405. The monoisotopic (exact) mass is 266 g/mol. The molecule has 3 aromatic rings. The fourth-order valence-electron chi connectivity index (χ4n) is 2.06. The van der Waals surface area contributed by atoms with E-state index in [1.807, 2.05) is 18.2 Å². The molecule has 19 heavy (non-hydrogen) atoms. The molecule has 0 radical (unpaired) electrons. The van der Waals surface area contributed by atoms with Crippen molar-refractivity contribution >= 4 is 22.5 Å². The van der Waals surface area contributed by atoms with Crippen LogP contribution in [-0.4, -0.2) is 7.11 Å². The SMILES string of the molecule is COc1ccccc1Sc1ccc2ccccc2c1. The number of para-hydroxylation sites is 1. The molecular weight excluding hydrogens is 252 g/mol. The number of methoxy groups -OCH3 is 1. The van der Waals surface area contributed by atoms with Crippen molar-refractivity contribution in [3.05, 3.63) is 66.7 Å². The van der Waals surface area contributed by atoms with E-state index in [0.29, 0.717) is 0 Å². The van der Waals surface area contributed by atoms with Crippen molar-refractivity contribution in [1.82, 2.24) is 0 Å². The maximum atomic E-state index is 5.38. The highest BCUT2D eigenvalue weighted by atomic mass is 32.2. The normalized spacial score (nSPS) is 10.6. The van der Waals surface area contributed by atoms with Gasteiger partial charge in [0.2, 0.25) is 0 Å². The molecule has 3 aromatic carbocycles. The third-order valence-electron chi connectivity index (χ3n) is 3.02. The molecule has 0 spiro atoms. The fourth-order valence-corrected chi connectivity index (χ4v) is 3.04. The summed E-state index contributed by atoms with van der Waals surface area (Å²) in [5.74, 6) is 0.917. The van der Waals surface area contributed by atoms with Gasteiger partial charge < -0.3 is 4.74 Å². The van der Waals surface area contributed by atoms with Gasteiger partial charge in [-0.05, 0) is 35.0 Å². The van der Waals surface area contributed by atoms with Gasteiger partial charge >= 0.3 is 0 Å². The summed E-state index contributed by atoms with van der Waals surface area (Å²) in [6.07, 6.45) is 0. The van der Waals surface area contributed by atoms with Crippen LogP contribution < -0.4 is 4.74 Å². The van der Waals surface area contributed by atoms with Crippen LogP contribution in [0.25, 0.3) is 10.8 Å². The van der Waals surface area contributed by atoms with Crippen LogP contribution in [0.15, 0.2) is 76.5 Å². The van der Waals surface area contributed by atoms with Crippen LogP contribution in [0.1, 0.15) is 0 Å². The van der Waals surface area contributed by atoms with E-state index < -0.39 is 0 Å². The van der Waals surface area contributed by atoms with Crippen molar-refractivity contribution in [1.29, 1.82) is 0 Å². The highest BCUT2D eigenvalue weighted by Crippen LogP contribution is 2.35. The molecule has 0 N–H and O–H groups in total. The first-order chi connectivity index (χ1) is 9.36. The van der Waals surface area contributed by atoms with E-state index >= 15 is 0 Å². The summed E-state index contributed by atoms with van der Waals surface area (Å²) in [5, 5.41) is 2.54. The Labute approximate surface area is 117 Å². The van der Waals surface area contributed by atoms with Crippen LogP contribution in [-0.2, 0) is 0 Å². The third-order valence-corrected chi connectivity index (χ3v) is 4.06. The summed E-state index contributed by atoms with van der Waals surface area (Å²) in [6, 6.07) is 23.0. The van der Waals surface area contributed by atoms with E-state index in [0.717, 1.165) is 10.6 Å². The molecule has 0 aliphatic rings. The molecule has 0 aliphatic heterocycles. The first-order valence-corrected chi connectivity index (χ1v) is 6.98. The smallest absolute Gasteiger partial charge is 0.132 e. The van der Waals surface area contributed by atoms with Crippen molar-refractivity contribution in [2.45, 2.75) is 9.79 Å². The predicted molar refractivity (Wildman–Crippen MR) is 81.1 cm³/mol. The molecule has 0 bridgehead atoms. The van der Waals surface area contributed by atoms with E-state index in [-0.39, 0.29) is 0 Å². The van der Waals surface area contributed by atoms with Crippen LogP contribution in [0, 0.1) is 0 Å². The van der Waals surface area contributed by atoms with Crippen molar-refractivity contribution in [3.63, 3.8) is 0 Å². The van der Waals surface area contributed by atoms with Crippen molar-refractivity contribution in [3.8, 4) is 5.75 Å². The zero-order valence-corrected chi connectivity index (χ0v) is 11.5. The van der Waals surface area contributed by atoms with E-state index in [9.17, 15) is 0 Å². The van der Waals surface area contributed by atoms with Crippen LogP contribution in [0.5, 0.6) is 5.75 Å². The average Bonchev–Trinajstić information content (AvgIpc) is 2.48. The summed E-state index contributed by atoms with van der Waals surface area (Å²) < 4.78 is 5.38. The van der Waals surface area contributed by atoms with Gasteiger partial charge in [0.25, 0.3) is 0 Å². The highest BCUT2D eigenvalue weighted by Gasteiger charge is 2.04. The number of ether oxygens (including phenoxy) is 1. The Balaban J connectivity index is 1.96. The van der Waals surface area contributed by atoms with Gasteiger partial charge in [0.05, 0.1) is 12.0 Å². The number of hydrogen-bond acceptors (Lipinski definition) is 2. The second kappa shape index (κ2) is 5.37.